The van der Waals surface area contributed by atoms with Gasteiger partial charge in [0.15, 0.2) is 0 Å². The Bertz CT molecular complexity index is 266. The van der Waals surface area contributed by atoms with Crippen LogP contribution in [0.15, 0.2) is 5.16 Å². The summed E-state index contributed by atoms with van der Waals surface area (Å²) in [6.07, 6.45) is 0.586. The van der Waals surface area contributed by atoms with Gasteiger partial charge in [0.05, 0.1) is 7.05 Å². The lowest BCUT2D eigenvalue weighted by molar-refractivity contribution is 0.318. The van der Waals surface area contributed by atoms with Gasteiger partial charge in [-0.2, -0.15) is 4.80 Å². The highest BCUT2D eigenvalue weighted by molar-refractivity contribution is 5.96. The standard InChI is InChI=1S/C5H9N5O/c1-3-4(8-11)5-6-9-10(2)7-5/h11H,3H2,1-2H3/b8-4-. The SMILES string of the molecule is CC/C(=N/O)c1nnn(C)n1. The highest BCUT2D eigenvalue weighted by Gasteiger charge is 2.06. The molecule has 0 saturated carbocycles. The summed E-state index contributed by atoms with van der Waals surface area (Å²) < 4.78 is 0. The molecular weight excluding hydrogens is 146 g/mol. The van der Waals surface area contributed by atoms with Crippen LogP contribution in [-0.2, 0) is 7.05 Å². The number of oxime groups is 1. The average Bonchev–Trinajstić information content (AvgIpc) is 2.39. The van der Waals surface area contributed by atoms with Gasteiger partial charge in [0.25, 0.3) is 0 Å². The van der Waals surface area contributed by atoms with Gasteiger partial charge in [0, 0.05) is 0 Å². The number of tetrazole rings is 1. The van der Waals surface area contributed by atoms with Crippen molar-refractivity contribution in [2.45, 2.75) is 13.3 Å². The fourth-order valence-electron chi connectivity index (χ4n) is 0.673. The number of rotatable bonds is 2. The van der Waals surface area contributed by atoms with E-state index in [0.29, 0.717) is 18.0 Å². The predicted molar refractivity (Wildman–Crippen MR) is 37.4 cm³/mol. The second-order valence-corrected chi connectivity index (χ2v) is 2.00. The Hall–Kier alpha value is -1.46. The Morgan fingerprint density at radius 2 is 2.45 bits per heavy atom. The molecule has 60 valence electrons. The van der Waals surface area contributed by atoms with Gasteiger partial charge in [0.1, 0.15) is 5.71 Å². The minimum absolute atomic E-state index is 0.373. The molecule has 0 aliphatic rings. The third-order valence-corrected chi connectivity index (χ3v) is 1.22. The van der Waals surface area contributed by atoms with Crippen LogP contribution in [0, 0.1) is 0 Å². The molecule has 0 unspecified atom stereocenters. The summed E-state index contributed by atoms with van der Waals surface area (Å²) in [7, 11) is 1.65. The smallest absolute Gasteiger partial charge is 0.222 e. The number of hydrogen-bond donors (Lipinski definition) is 1. The summed E-state index contributed by atoms with van der Waals surface area (Å²) in [5, 5.41) is 22.6. The molecule has 6 nitrogen and oxygen atoms in total. The van der Waals surface area contributed by atoms with E-state index < -0.39 is 0 Å². The van der Waals surface area contributed by atoms with Crippen LogP contribution >= 0.6 is 0 Å². The number of aromatic nitrogens is 4. The van der Waals surface area contributed by atoms with Crippen molar-refractivity contribution in [3.63, 3.8) is 0 Å². The summed E-state index contributed by atoms with van der Waals surface area (Å²) in [6, 6.07) is 0. The van der Waals surface area contributed by atoms with Crippen LogP contribution in [0.3, 0.4) is 0 Å². The zero-order valence-corrected chi connectivity index (χ0v) is 6.39. The molecule has 0 spiro atoms. The van der Waals surface area contributed by atoms with Gasteiger partial charge in [-0.1, -0.05) is 12.1 Å². The lowest BCUT2D eigenvalue weighted by Crippen LogP contribution is -2.02. The summed E-state index contributed by atoms with van der Waals surface area (Å²) in [4.78, 5) is 1.32. The third kappa shape index (κ3) is 1.51. The number of nitrogens with zero attached hydrogens (tertiary/aromatic N) is 5. The van der Waals surface area contributed by atoms with E-state index in [1.807, 2.05) is 6.92 Å². The molecule has 1 aromatic heterocycles. The maximum absolute atomic E-state index is 8.46. The Morgan fingerprint density at radius 1 is 1.73 bits per heavy atom. The molecule has 6 heteroatoms. The lowest BCUT2D eigenvalue weighted by atomic mass is 10.3. The van der Waals surface area contributed by atoms with Crippen LogP contribution in [0.2, 0.25) is 0 Å². The van der Waals surface area contributed by atoms with Gasteiger partial charge in [-0.05, 0) is 11.6 Å². The minimum atomic E-state index is 0.373. The van der Waals surface area contributed by atoms with E-state index in [9.17, 15) is 0 Å². The lowest BCUT2D eigenvalue weighted by Gasteiger charge is -1.89. The molecule has 11 heavy (non-hydrogen) atoms. The first kappa shape index (κ1) is 7.64. The second-order valence-electron chi connectivity index (χ2n) is 2.00. The van der Waals surface area contributed by atoms with E-state index in [1.54, 1.807) is 7.05 Å². The molecule has 0 aliphatic carbocycles. The second kappa shape index (κ2) is 3.09. The quantitative estimate of drug-likeness (QED) is 0.364. The monoisotopic (exact) mass is 155 g/mol. The molecule has 0 aliphatic heterocycles. The molecule has 0 aromatic carbocycles. The Balaban J connectivity index is 2.91. The van der Waals surface area contributed by atoms with Gasteiger partial charge < -0.3 is 5.21 Å². The molecule has 0 bridgehead atoms. The fraction of sp³-hybridized carbons (Fsp3) is 0.600. The van der Waals surface area contributed by atoms with Crippen LogP contribution in [0.25, 0.3) is 0 Å². The van der Waals surface area contributed by atoms with Crippen molar-refractivity contribution >= 4 is 5.71 Å². The Labute approximate surface area is 63.5 Å². The van der Waals surface area contributed by atoms with E-state index in [1.165, 1.54) is 4.80 Å². The molecule has 1 aromatic rings. The van der Waals surface area contributed by atoms with E-state index in [0.717, 1.165) is 0 Å². The predicted octanol–water partition coefficient (Wildman–Crippen LogP) is -0.202. The molecule has 0 amide bonds. The molecule has 1 N–H and O–H groups in total. The van der Waals surface area contributed by atoms with Crippen LogP contribution in [-0.4, -0.2) is 31.1 Å². The molecule has 0 saturated heterocycles. The van der Waals surface area contributed by atoms with Crippen molar-refractivity contribution in [2.24, 2.45) is 12.2 Å². The van der Waals surface area contributed by atoms with Gasteiger partial charge >= 0.3 is 0 Å². The van der Waals surface area contributed by atoms with E-state index >= 15 is 0 Å². The average molecular weight is 155 g/mol. The Morgan fingerprint density at radius 3 is 2.82 bits per heavy atom. The largest absolute Gasteiger partial charge is 0.411 e. The maximum Gasteiger partial charge on any atom is 0.222 e. The number of aryl methyl sites for hydroxylation is 1. The van der Waals surface area contributed by atoms with Crippen LogP contribution < -0.4 is 0 Å². The minimum Gasteiger partial charge on any atom is -0.411 e. The molecule has 1 rings (SSSR count). The van der Waals surface area contributed by atoms with Crippen LogP contribution in [0.1, 0.15) is 19.2 Å². The van der Waals surface area contributed by atoms with Gasteiger partial charge in [-0.3, -0.25) is 0 Å². The van der Waals surface area contributed by atoms with Crippen molar-refractivity contribution in [3.05, 3.63) is 5.82 Å². The molecule has 0 radical (unpaired) electrons. The summed E-state index contributed by atoms with van der Waals surface area (Å²) in [5.74, 6) is 0.373. The summed E-state index contributed by atoms with van der Waals surface area (Å²) in [5.41, 5.74) is 0.443. The summed E-state index contributed by atoms with van der Waals surface area (Å²) >= 11 is 0. The van der Waals surface area contributed by atoms with E-state index in [2.05, 4.69) is 20.6 Å². The van der Waals surface area contributed by atoms with Crippen molar-refractivity contribution in [2.75, 3.05) is 0 Å². The van der Waals surface area contributed by atoms with Crippen LogP contribution in [0.4, 0.5) is 0 Å². The highest BCUT2D eigenvalue weighted by atomic mass is 16.4. The van der Waals surface area contributed by atoms with Crippen molar-refractivity contribution in [3.8, 4) is 0 Å². The van der Waals surface area contributed by atoms with Crippen LogP contribution in [0.5, 0.6) is 0 Å². The summed E-state index contributed by atoms with van der Waals surface area (Å²) in [6.45, 7) is 1.85. The topological polar surface area (TPSA) is 76.2 Å². The highest BCUT2D eigenvalue weighted by Crippen LogP contribution is 1.93. The first-order valence-electron chi connectivity index (χ1n) is 3.23. The first-order chi connectivity index (χ1) is 5.27. The van der Waals surface area contributed by atoms with E-state index in [-0.39, 0.29) is 0 Å². The van der Waals surface area contributed by atoms with Gasteiger partial charge in [-0.25, -0.2) is 0 Å². The Kier molecular flexibility index (Phi) is 2.15. The zero-order chi connectivity index (χ0) is 8.27. The first-order valence-corrected chi connectivity index (χ1v) is 3.23. The maximum atomic E-state index is 8.46. The molecule has 1 heterocycles. The van der Waals surface area contributed by atoms with Gasteiger partial charge in [0.2, 0.25) is 5.82 Å². The van der Waals surface area contributed by atoms with Crippen molar-refractivity contribution in [1.29, 1.82) is 0 Å². The fourth-order valence-corrected chi connectivity index (χ4v) is 0.673. The van der Waals surface area contributed by atoms with Gasteiger partial charge in [-0.15, -0.1) is 10.2 Å². The number of hydrogen-bond acceptors (Lipinski definition) is 5. The van der Waals surface area contributed by atoms with Crippen molar-refractivity contribution in [1.82, 2.24) is 20.2 Å². The van der Waals surface area contributed by atoms with E-state index in [4.69, 9.17) is 5.21 Å². The molecular formula is C5H9N5O. The third-order valence-electron chi connectivity index (χ3n) is 1.22. The zero-order valence-electron chi connectivity index (χ0n) is 6.39. The molecule has 0 fully saturated rings. The molecule has 0 atom stereocenters. The van der Waals surface area contributed by atoms with Crippen molar-refractivity contribution < 1.29 is 5.21 Å². The normalized spacial score (nSPS) is 12.0.